The predicted molar refractivity (Wildman–Crippen MR) is 129 cm³/mol. The lowest BCUT2D eigenvalue weighted by molar-refractivity contribution is 0.203. The highest BCUT2D eigenvalue weighted by atomic mass is 16.5. The van der Waals surface area contributed by atoms with E-state index in [2.05, 4.69) is 40.2 Å². The number of anilines is 2. The van der Waals surface area contributed by atoms with Crippen LogP contribution in [0.15, 0.2) is 42.5 Å². The minimum absolute atomic E-state index is 0.0601. The minimum Gasteiger partial charge on any atom is -0.497 e. The highest BCUT2D eigenvalue weighted by molar-refractivity contribution is 5.89. The van der Waals surface area contributed by atoms with Gasteiger partial charge in [-0.05, 0) is 74.5 Å². The third kappa shape index (κ3) is 4.29. The number of ether oxygens (including phenoxy) is 1. The number of benzene rings is 2. The molecular weight excluding hydrogens is 400 g/mol. The molecule has 6 nitrogen and oxygen atoms in total. The van der Waals surface area contributed by atoms with Crippen molar-refractivity contribution in [3.63, 3.8) is 0 Å². The van der Waals surface area contributed by atoms with Crippen molar-refractivity contribution in [2.75, 3.05) is 43.5 Å². The molecule has 0 aromatic heterocycles. The van der Waals surface area contributed by atoms with Crippen molar-refractivity contribution in [3.05, 3.63) is 53.6 Å². The fourth-order valence-electron chi connectivity index (χ4n) is 5.56. The lowest BCUT2D eigenvalue weighted by Crippen LogP contribution is -2.40. The molecule has 32 heavy (non-hydrogen) atoms. The van der Waals surface area contributed by atoms with Gasteiger partial charge in [-0.1, -0.05) is 12.1 Å². The second kappa shape index (κ2) is 9.02. The van der Waals surface area contributed by atoms with Crippen molar-refractivity contribution < 1.29 is 9.53 Å². The van der Waals surface area contributed by atoms with Crippen LogP contribution in [0.3, 0.4) is 0 Å². The van der Waals surface area contributed by atoms with E-state index in [-0.39, 0.29) is 6.03 Å². The summed E-state index contributed by atoms with van der Waals surface area (Å²) in [6.45, 7) is 7.31. The summed E-state index contributed by atoms with van der Waals surface area (Å²) in [6, 6.07) is 15.7. The van der Waals surface area contributed by atoms with Crippen molar-refractivity contribution in [1.29, 1.82) is 0 Å². The molecule has 5 rings (SSSR count). The van der Waals surface area contributed by atoms with E-state index in [1.807, 2.05) is 29.2 Å². The van der Waals surface area contributed by atoms with Gasteiger partial charge in [-0.2, -0.15) is 0 Å². The summed E-state index contributed by atoms with van der Waals surface area (Å²) in [7, 11) is 1.63. The van der Waals surface area contributed by atoms with E-state index in [1.54, 1.807) is 7.11 Å². The molecule has 1 N–H and O–H groups in total. The summed E-state index contributed by atoms with van der Waals surface area (Å²) in [5.41, 5.74) is 4.73. The number of urea groups is 1. The summed E-state index contributed by atoms with van der Waals surface area (Å²) < 4.78 is 5.25. The quantitative estimate of drug-likeness (QED) is 0.777. The fraction of sp³-hybridized carbons (Fsp3) is 0.500. The Hall–Kier alpha value is -2.73. The molecule has 2 aromatic rings. The van der Waals surface area contributed by atoms with E-state index in [1.165, 1.54) is 42.6 Å². The molecule has 3 heterocycles. The van der Waals surface area contributed by atoms with Gasteiger partial charge in [0, 0.05) is 55.7 Å². The van der Waals surface area contributed by atoms with Crippen molar-refractivity contribution in [2.24, 2.45) is 0 Å². The Morgan fingerprint density at radius 3 is 2.78 bits per heavy atom. The van der Waals surface area contributed by atoms with Crippen LogP contribution in [-0.4, -0.2) is 61.2 Å². The van der Waals surface area contributed by atoms with Gasteiger partial charge in [-0.15, -0.1) is 0 Å². The van der Waals surface area contributed by atoms with Crippen LogP contribution < -0.4 is 15.0 Å². The van der Waals surface area contributed by atoms with Crippen LogP contribution in [0, 0.1) is 0 Å². The SMILES string of the molecule is COc1cccc(NC(=O)N2CCc3cc(N4CCC(N5CCCC5C)C4)ccc3C2)c1. The van der Waals surface area contributed by atoms with E-state index >= 15 is 0 Å². The summed E-state index contributed by atoms with van der Waals surface area (Å²) in [4.78, 5) is 20.0. The number of nitrogens with zero attached hydrogens (tertiary/aromatic N) is 3. The maximum absolute atomic E-state index is 12.8. The average molecular weight is 435 g/mol. The highest BCUT2D eigenvalue weighted by Gasteiger charge is 2.33. The summed E-state index contributed by atoms with van der Waals surface area (Å²) in [5, 5.41) is 3.00. The van der Waals surface area contributed by atoms with E-state index in [4.69, 9.17) is 4.74 Å². The zero-order valence-electron chi connectivity index (χ0n) is 19.2. The third-order valence-corrected chi connectivity index (χ3v) is 7.41. The molecule has 2 aromatic carbocycles. The molecule has 6 heteroatoms. The first-order valence-electron chi connectivity index (χ1n) is 11.9. The Labute approximate surface area is 191 Å². The summed E-state index contributed by atoms with van der Waals surface area (Å²) in [6.07, 6.45) is 4.85. The lowest BCUT2D eigenvalue weighted by Gasteiger charge is -2.31. The Morgan fingerprint density at radius 1 is 1.06 bits per heavy atom. The molecule has 0 aliphatic carbocycles. The number of methoxy groups -OCH3 is 1. The zero-order chi connectivity index (χ0) is 22.1. The number of hydrogen-bond acceptors (Lipinski definition) is 4. The molecule has 3 aliphatic heterocycles. The second-order valence-corrected chi connectivity index (χ2v) is 9.40. The second-order valence-electron chi connectivity index (χ2n) is 9.40. The average Bonchev–Trinajstić information content (AvgIpc) is 3.47. The molecule has 0 spiro atoms. The van der Waals surface area contributed by atoms with Gasteiger partial charge in [-0.3, -0.25) is 4.90 Å². The summed E-state index contributed by atoms with van der Waals surface area (Å²) >= 11 is 0. The predicted octanol–water partition coefficient (Wildman–Crippen LogP) is 4.35. The first-order chi connectivity index (χ1) is 15.6. The third-order valence-electron chi connectivity index (χ3n) is 7.41. The van der Waals surface area contributed by atoms with Gasteiger partial charge >= 0.3 is 6.03 Å². The number of rotatable bonds is 4. The van der Waals surface area contributed by atoms with E-state index < -0.39 is 0 Å². The number of carbonyl (C=O) groups excluding carboxylic acids is 1. The number of amides is 2. The molecular formula is C26H34N4O2. The van der Waals surface area contributed by atoms with Gasteiger partial charge in [0.1, 0.15) is 5.75 Å². The Balaban J connectivity index is 1.21. The van der Waals surface area contributed by atoms with E-state index in [0.29, 0.717) is 12.6 Å². The largest absolute Gasteiger partial charge is 0.497 e. The van der Waals surface area contributed by atoms with Gasteiger partial charge in [0.2, 0.25) is 0 Å². The number of hydrogen-bond donors (Lipinski definition) is 1. The van der Waals surface area contributed by atoms with Crippen molar-refractivity contribution in [1.82, 2.24) is 9.80 Å². The molecule has 2 unspecified atom stereocenters. The van der Waals surface area contributed by atoms with Gasteiger partial charge in [0.05, 0.1) is 7.11 Å². The Kier molecular flexibility index (Phi) is 5.96. The van der Waals surface area contributed by atoms with Crippen LogP contribution in [0.25, 0.3) is 0 Å². The molecule has 0 radical (unpaired) electrons. The van der Waals surface area contributed by atoms with Gasteiger partial charge in [-0.25, -0.2) is 4.79 Å². The standard InChI is InChI=1S/C26H34N4O2/c1-19-5-4-12-30(19)24-11-14-28(18-24)23-9-8-21-17-29(13-10-20(21)15-23)26(31)27-22-6-3-7-25(16-22)32-2/h3,6-9,15-16,19,24H,4-5,10-14,17-18H2,1-2H3,(H,27,31). The van der Waals surface area contributed by atoms with Crippen LogP contribution in [0.1, 0.15) is 37.3 Å². The van der Waals surface area contributed by atoms with Gasteiger partial charge in [0.15, 0.2) is 0 Å². The van der Waals surface area contributed by atoms with Crippen molar-refractivity contribution >= 4 is 17.4 Å². The molecule has 2 fully saturated rings. The minimum atomic E-state index is -0.0601. The normalized spacial score (nSPS) is 23.3. The van der Waals surface area contributed by atoms with Crippen molar-refractivity contribution in [3.8, 4) is 5.75 Å². The van der Waals surface area contributed by atoms with Gasteiger partial charge in [0.25, 0.3) is 0 Å². The Morgan fingerprint density at radius 2 is 1.97 bits per heavy atom. The smallest absolute Gasteiger partial charge is 0.322 e. The molecule has 2 saturated heterocycles. The first-order valence-corrected chi connectivity index (χ1v) is 11.9. The molecule has 0 bridgehead atoms. The van der Waals surface area contributed by atoms with Crippen LogP contribution in [0.2, 0.25) is 0 Å². The number of carbonyl (C=O) groups is 1. The topological polar surface area (TPSA) is 48.1 Å². The number of nitrogens with one attached hydrogen (secondary N) is 1. The zero-order valence-corrected chi connectivity index (χ0v) is 19.2. The van der Waals surface area contributed by atoms with Gasteiger partial charge < -0.3 is 19.9 Å². The first kappa shape index (κ1) is 21.1. The molecule has 170 valence electrons. The summed E-state index contributed by atoms with van der Waals surface area (Å²) in [5.74, 6) is 0.739. The maximum atomic E-state index is 12.8. The van der Waals surface area contributed by atoms with Crippen LogP contribution in [0.4, 0.5) is 16.2 Å². The van der Waals surface area contributed by atoms with E-state index in [9.17, 15) is 4.79 Å². The Bertz CT molecular complexity index is 978. The van der Waals surface area contributed by atoms with Crippen molar-refractivity contribution in [2.45, 2.75) is 51.2 Å². The van der Waals surface area contributed by atoms with Crippen LogP contribution >= 0.6 is 0 Å². The molecule has 2 amide bonds. The molecule has 3 aliphatic rings. The molecule has 0 saturated carbocycles. The maximum Gasteiger partial charge on any atom is 0.322 e. The lowest BCUT2D eigenvalue weighted by atomic mass is 9.99. The van der Waals surface area contributed by atoms with E-state index in [0.717, 1.165) is 43.5 Å². The monoisotopic (exact) mass is 434 g/mol. The number of likely N-dealkylation sites (tertiary alicyclic amines) is 1. The molecule has 2 atom stereocenters. The van der Waals surface area contributed by atoms with Crippen LogP contribution in [-0.2, 0) is 13.0 Å². The number of fused-ring (bicyclic) bond motifs is 1. The van der Waals surface area contributed by atoms with Crippen LogP contribution in [0.5, 0.6) is 5.75 Å². The highest BCUT2D eigenvalue weighted by Crippen LogP contribution is 2.31. The fourth-order valence-corrected chi connectivity index (χ4v) is 5.56.